The number of piperidine rings is 1. The van der Waals surface area contributed by atoms with Crippen LogP contribution in [-0.2, 0) is 19.5 Å². The summed E-state index contributed by atoms with van der Waals surface area (Å²) in [5, 5.41) is 7.81. The van der Waals surface area contributed by atoms with Crippen molar-refractivity contribution >= 4 is 50.1 Å². The number of hydrogen-bond acceptors (Lipinski definition) is 10. The van der Waals surface area contributed by atoms with Crippen LogP contribution in [0.1, 0.15) is 19.3 Å². The number of anilines is 3. The summed E-state index contributed by atoms with van der Waals surface area (Å²) < 4.78 is 45.1. The van der Waals surface area contributed by atoms with Crippen LogP contribution >= 0.6 is 11.6 Å². The molecule has 0 bridgehead atoms. The van der Waals surface area contributed by atoms with E-state index >= 15 is 0 Å². The van der Waals surface area contributed by atoms with Crippen molar-refractivity contribution < 1.29 is 22.6 Å². The molecule has 0 saturated carbocycles. The number of nitrogens with zero attached hydrogens (tertiary/aromatic N) is 4. The highest BCUT2D eigenvalue weighted by molar-refractivity contribution is 7.89. The molecular weight excluding hydrogens is 558 g/mol. The van der Waals surface area contributed by atoms with E-state index in [1.54, 1.807) is 28.7 Å². The summed E-state index contributed by atoms with van der Waals surface area (Å²) in [4.78, 5) is 14.9. The Labute approximate surface area is 238 Å². The van der Waals surface area contributed by atoms with E-state index in [9.17, 15) is 8.42 Å². The van der Waals surface area contributed by atoms with E-state index in [2.05, 4.69) is 30.5 Å². The number of sulfonamides is 1. The van der Waals surface area contributed by atoms with Crippen LogP contribution in [0.3, 0.4) is 0 Å². The van der Waals surface area contributed by atoms with E-state index in [1.807, 2.05) is 0 Å². The zero-order valence-corrected chi connectivity index (χ0v) is 23.9. The Morgan fingerprint density at radius 1 is 1.07 bits per heavy atom. The monoisotopic (exact) mass is 591 g/mol. The smallest absolute Gasteiger partial charge is 0.243 e. The fourth-order valence-electron chi connectivity index (χ4n) is 5.59. The van der Waals surface area contributed by atoms with E-state index in [4.69, 9.17) is 25.8 Å². The molecule has 3 N–H and O–H groups in total. The van der Waals surface area contributed by atoms with Gasteiger partial charge in [0.05, 0.1) is 54.0 Å². The van der Waals surface area contributed by atoms with Gasteiger partial charge in [0.1, 0.15) is 17.2 Å². The van der Waals surface area contributed by atoms with Crippen LogP contribution in [-0.4, -0.2) is 104 Å². The van der Waals surface area contributed by atoms with E-state index in [0.717, 1.165) is 45.6 Å². The number of H-pyrrole nitrogens is 1. The lowest BCUT2D eigenvalue weighted by atomic mass is 10.0. The lowest BCUT2D eigenvalue weighted by Gasteiger charge is -2.39. The van der Waals surface area contributed by atoms with Crippen LogP contribution in [0, 0.1) is 0 Å². The summed E-state index contributed by atoms with van der Waals surface area (Å²) in [5.41, 5.74) is 1.11. The summed E-state index contributed by atoms with van der Waals surface area (Å²) in [5.74, 6) is 1.27. The van der Waals surface area contributed by atoms with Crippen LogP contribution in [0.2, 0.25) is 5.02 Å². The summed E-state index contributed by atoms with van der Waals surface area (Å²) in [6, 6.07) is 5.33. The van der Waals surface area contributed by atoms with Gasteiger partial charge in [0.15, 0.2) is 0 Å². The summed E-state index contributed by atoms with van der Waals surface area (Å²) >= 11 is 6.40. The van der Waals surface area contributed by atoms with Crippen molar-refractivity contribution in [1.82, 2.24) is 24.2 Å². The minimum absolute atomic E-state index is 0.120. The Morgan fingerprint density at radius 3 is 2.60 bits per heavy atom. The minimum atomic E-state index is -3.68. The number of aromatic amines is 1. The minimum Gasteiger partial charge on any atom is -0.495 e. The number of ether oxygens (including phenoxy) is 3. The largest absolute Gasteiger partial charge is 0.495 e. The second kappa shape index (κ2) is 11.7. The van der Waals surface area contributed by atoms with Crippen LogP contribution in [0.5, 0.6) is 5.75 Å². The number of halogens is 1. The quantitative estimate of drug-likeness (QED) is 0.359. The first-order valence-electron chi connectivity index (χ1n) is 13.6. The predicted octanol–water partition coefficient (Wildman–Crippen LogP) is 3.05. The normalized spacial score (nSPS) is 21.6. The fourth-order valence-corrected chi connectivity index (χ4v) is 7.31. The lowest BCUT2D eigenvalue weighted by molar-refractivity contribution is 0.00610. The molecule has 3 aromatic rings. The first-order valence-corrected chi connectivity index (χ1v) is 15.4. The molecule has 216 valence electrons. The average molecular weight is 592 g/mol. The molecule has 2 aromatic heterocycles. The number of hydrogen-bond donors (Lipinski definition) is 3. The Bertz CT molecular complexity index is 1450. The molecule has 6 rings (SSSR count). The first kappa shape index (κ1) is 27.5. The van der Waals surface area contributed by atoms with Crippen molar-refractivity contribution in [1.29, 1.82) is 0 Å². The summed E-state index contributed by atoms with van der Waals surface area (Å²) in [7, 11) is -2.17. The molecule has 0 aliphatic carbocycles. The van der Waals surface area contributed by atoms with Crippen molar-refractivity contribution in [2.24, 2.45) is 0 Å². The van der Waals surface area contributed by atoms with Gasteiger partial charge in [-0.15, -0.1) is 0 Å². The molecule has 5 heterocycles. The molecular formula is C26H34ClN7O5S. The van der Waals surface area contributed by atoms with Gasteiger partial charge in [-0.3, -0.25) is 4.90 Å². The highest BCUT2D eigenvalue weighted by atomic mass is 35.5. The molecule has 3 saturated heterocycles. The highest BCUT2D eigenvalue weighted by Crippen LogP contribution is 2.34. The van der Waals surface area contributed by atoms with Crippen LogP contribution in [0.25, 0.3) is 11.0 Å². The molecule has 1 atom stereocenters. The molecule has 1 unspecified atom stereocenters. The van der Waals surface area contributed by atoms with Crippen LogP contribution in [0.4, 0.5) is 17.5 Å². The van der Waals surface area contributed by atoms with E-state index < -0.39 is 10.0 Å². The van der Waals surface area contributed by atoms with Gasteiger partial charge in [0, 0.05) is 51.1 Å². The number of aromatic nitrogens is 3. The molecule has 3 fully saturated rings. The predicted molar refractivity (Wildman–Crippen MR) is 152 cm³/mol. The standard InChI is InChI=1S/C26H34ClN7O5S/c1-37-22-14-19(40(35,36)34-7-4-18(5-8-34)33-9-12-38-13-10-33)2-3-21(22)30-26-31-24-23(20(27)15-28-24)25(32-26)29-17-6-11-39-16-17/h2-3,14-15,17-18H,4-13,16H2,1H3,(H3,28,29,30,31,32). The van der Waals surface area contributed by atoms with Gasteiger partial charge in [-0.25, -0.2) is 8.42 Å². The van der Waals surface area contributed by atoms with Crippen molar-refractivity contribution in [3.8, 4) is 5.75 Å². The Kier molecular flexibility index (Phi) is 8.02. The molecule has 0 spiro atoms. The number of methoxy groups -OCH3 is 1. The maximum atomic E-state index is 13.5. The number of fused-ring (bicyclic) bond motifs is 1. The Morgan fingerprint density at radius 2 is 1.88 bits per heavy atom. The van der Waals surface area contributed by atoms with Crippen LogP contribution < -0.4 is 15.4 Å². The maximum Gasteiger partial charge on any atom is 0.243 e. The van der Waals surface area contributed by atoms with Gasteiger partial charge in [-0.1, -0.05) is 11.6 Å². The van der Waals surface area contributed by atoms with Crippen molar-refractivity contribution in [3.05, 3.63) is 29.4 Å². The number of morpholine rings is 1. The topological polar surface area (TPSA) is 134 Å². The van der Waals surface area contributed by atoms with Gasteiger partial charge in [0.25, 0.3) is 0 Å². The Hall–Kier alpha value is -2.68. The van der Waals surface area contributed by atoms with Gasteiger partial charge >= 0.3 is 0 Å². The van der Waals surface area contributed by atoms with Gasteiger partial charge in [0.2, 0.25) is 16.0 Å². The molecule has 1 aromatic carbocycles. The molecule has 3 aliphatic heterocycles. The van der Waals surface area contributed by atoms with E-state index in [1.165, 1.54) is 7.11 Å². The second-order valence-corrected chi connectivity index (χ2v) is 12.6. The SMILES string of the molecule is COc1cc(S(=O)(=O)N2CCC(N3CCOCC3)CC2)ccc1Nc1nc(NC2CCOC2)c2c(Cl)c[nH]c2n1. The van der Waals surface area contributed by atoms with E-state index in [-0.39, 0.29) is 10.9 Å². The molecule has 12 nitrogen and oxygen atoms in total. The molecule has 0 radical (unpaired) electrons. The van der Waals surface area contributed by atoms with E-state index in [0.29, 0.717) is 71.6 Å². The van der Waals surface area contributed by atoms with Gasteiger partial charge in [-0.2, -0.15) is 14.3 Å². The maximum absolute atomic E-state index is 13.5. The molecule has 0 amide bonds. The highest BCUT2D eigenvalue weighted by Gasteiger charge is 2.32. The molecule has 3 aliphatic rings. The van der Waals surface area contributed by atoms with Crippen LogP contribution in [0.15, 0.2) is 29.3 Å². The zero-order valence-electron chi connectivity index (χ0n) is 22.4. The van der Waals surface area contributed by atoms with Crippen molar-refractivity contribution in [2.75, 3.05) is 70.3 Å². The zero-order chi connectivity index (χ0) is 27.7. The third kappa shape index (κ3) is 5.58. The third-order valence-electron chi connectivity index (χ3n) is 7.80. The third-order valence-corrected chi connectivity index (χ3v) is 9.99. The summed E-state index contributed by atoms with van der Waals surface area (Å²) in [6.45, 7) is 5.54. The molecule has 14 heteroatoms. The average Bonchev–Trinajstić information content (AvgIpc) is 3.63. The number of rotatable bonds is 8. The lowest BCUT2D eigenvalue weighted by Crippen LogP contribution is -2.50. The van der Waals surface area contributed by atoms with Crippen molar-refractivity contribution in [2.45, 2.75) is 36.2 Å². The first-order chi connectivity index (χ1) is 19.4. The summed E-state index contributed by atoms with van der Waals surface area (Å²) in [6.07, 6.45) is 4.15. The molecule has 40 heavy (non-hydrogen) atoms. The Balaban J connectivity index is 1.20. The van der Waals surface area contributed by atoms with Crippen molar-refractivity contribution in [3.63, 3.8) is 0 Å². The number of benzene rings is 1. The second-order valence-electron chi connectivity index (χ2n) is 10.2. The number of nitrogens with one attached hydrogen (secondary N) is 3. The van der Waals surface area contributed by atoms with Gasteiger partial charge < -0.3 is 29.8 Å². The fraction of sp³-hybridized carbons (Fsp3) is 0.538. The van der Waals surface area contributed by atoms with Gasteiger partial charge in [-0.05, 0) is 31.4 Å².